The first kappa shape index (κ1) is 13.2. The summed E-state index contributed by atoms with van der Waals surface area (Å²) >= 11 is 0. The topological polar surface area (TPSA) is 17.8 Å². The Bertz CT molecular complexity index is 236. The van der Waals surface area contributed by atoms with Crippen molar-refractivity contribution < 1.29 is 0 Å². The molecule has 0 N–H and O–H groups in total. The zero-order valence-corrected chi connectivity index (χ0v) is 10.4. The molecular weight excluding hydrogens is 172 g/mol. The molecule has 0 unspecified atom stereocenters. The van der Waals surface area contributed by atoms with Gasteiger partial charge in [0, 0.05) is 12.2 Å². The Kier molecular flexibility index (Phi) is 6.26. The molecule has 0 spiro atoms. The highest BCUT2D eigenvalue weighted by atomic mass is 15.3. The lowest BCUT2D eigenvalue weighted by molar-refractivity contribution is 0.531. The average molecular weight is 196 g/mol. The molecule has 82 valence electrons. The molecule has 2 nitrogen and oxygen atoms in total. The van der Waals surface area contributed by atoms with E-state index in [1.165, 1.54) is 5.56 Å². The average Bonchev–Trinajstić information content (AvgIpc) is 2.55. The largest absolute Gasteiger partial charge is 0.270 e. The quantitative estimate of drug-likeness (QED) is 0.721. The van der Waals surface area contributed by atoms with Crippen molar-refractivity contribution in [2.45, 2.75) is 54.0 Å². The van der Waals surface area contributed by atoms with Crippen molar-refractivity contribution in [2.24, 2.45) is 5.92 Å². The van der Waals surface area contributed by atoms with E-state index in [2.05, 4.69) is 39.0 Å². The Hall–Kier alpha value is -0.790. The second-order valence-electron chi connectivity index (χ2n) is 4.02. The first-order chi connectivity index (χ1) is 6.59. The van der Waals surface area contributed by atoms with Gasteiger partial charge in [0.2, 0.25) is 0 Å². The Morgan fingerprint density at radius 1 is 1.21 bits per heavy atom. The minimum absolute atomic E-state index is 0.478. The van der Waals surface area contributed by atoms with Crippen LogP contribution in [0.3, 0.4) is 0 Å². The van der Waals surface area contributed by atoms with Crippen LogP contribution >= 0.6 is 0 Å². The van der Waals surface area contributed by atoms with E-state index in [1.807, 2.05) is 24.7 Å². The summed E-state index contributed by atoms with van der Waals surface area (Å²) in [7, 11) is 0. The third-order valence-corrected chi connectivity index (χ3v) is 1.83. The summed E-state index contributed by atoms with van der Waals surface area (Å²) in [4.78, 5) is 0. The van der Waals surface area contributed by atoms with Crippen LogP contribution in [0, 0.1) is 5.92 Å². The van der Waals surface area contributed by atoms with Crippen LogP contribution in [0.15, 0.2) is 12.4 Å². The van der Waals surface area contributed by atoms with Crippen LogP contribution in [-0.2, 0) is 6.42 Å². The van der Waals surface area contributed by atoms with E-state index in [1.54, 1.807) is 0 Å². The fourth-order valence-corrected chi connectivity index (χ4v) is 1.24. The molecule has 14 heavy (non-hydrogen) atoms. The van der Waals surface area contributed by atoms with Gasteiger partial charge in [-0.25, -0.2) is 0 Å². The first-order valence-electron chi connectivity index (χ1n) is 5.62. The van der Waals surface area contributed by atoms with Crippen molar-refractivity contribution in [1.82, 2.24) is 9.78 Å². The van der Waals surface area contributed by atoms with Gasteiger partial charge in [0.15, 0.2) is 0 Å². The van der Waals surface area contributed by atoms with Gasteiger partial charge in [-0.1, -0.05) is 27.7 Å². The molecule has 0 aliphatic rings. The number of aromatic nitrogens is 2. The van der Waals surface area contributed by atoms with Crippen molar-refractivity contribution in [3.63, 3.8) is 0 Å². The summed E-state index contributed by atoms with van der Waals surface area (Å²) < 4.78 is 2.01. The highest BCUT2D eigenvalue weighted by Gasteiger charge is 2.02. The molecule has 1 aromatic heterocycles. The smallest absolute Gasteiger partial charge is 0.0521 e. The fourth-order valence-electron chi connectivity index (χ4n) is 1.24. The molecular formula is C12H24N2. The summed E-state index contributed by atoms with van der Waals surface area (Å²) in [5.41, 5.74) is 1.35. The highest BCUT2D eigenvalue weighted by Crippen LogP contribution is 2.09. The van der Waals surface area contributed by atoms with E-state index in [0.29, 0.717) is 6.04 Å². The van der Waals surface area contributed by atoms with E-state index in [9.17, 15) is 0 Å². The standard InChI is InChI=1S/C10H18N2.C2H6/c1-8(2)5-10-6-11-12(7-10)9(3)4;1-2/h6-9H,5H2,1-4H3;1-2H3. The van der Waals surface area contributed by atoms with Crippen molar-refractivity contribution in [1.29, 1.82) is 0 Å². The maximum Gasteiger partial charge on any atom is 0.0521 e. The second-order valence-corrected chi connectivity index (χ2v) is 4.02. The SMILES string of the molecule is CC.CC(C)Cc1cnn(C(C)C)c1. The molecule has 0 atom stereocenters. The molecule has 1 rings (SSSR count). The van der Waals surface area contributed by atoms with Gasteiger partial charge in [-0.3, -0.25) is 4.68 Å². The lowest BCUT2D eigenvalue weighted by atomic mass is 10.1. The van der Waals surface area contributed by atoms with Gasteiger partial charge in [0.05, 0.1) is 6.20 Å². The summed E-state index contributed by atoms with van der Waals surface area (Å²) in [6.07, 6.45) is 5.25. The first-order valence-corrected chi connectivity index (χ1v) is 5.62. The maximum absolute atomic E-state index is 4.29. The van der Waals surface area contributed by atoms with E-state index in [-0.39, 0.29) is 0 Å². The number of nitrogens with zero attached hydrogens (tertiary/aromatic N) is 2. The molecule has 1 aromatic rings. The molecule has 0 fully saturated rings. The third-order valence-electron chi connectivity index (χ3n) is 1.83. The molecule has 0 aliphatic carbocycles. The summed E-state index contributed by atoms with van der Waals surface area (Å²) in [5, 5.41) is 4.29. The van der Waals surface area contributed by atoms with Crippen LogP contribution in [0.1, 0.15) is 53.1 Å². The Morgan fingerprint density at radius 3 is 2.14 bits per heavy atom. The molecule has 1 heterocycles. The van der Waals surface area contributed by atoms with Gasteiger partial charge < -0.3 is 0 Å². The monoisotopic (exact) mass is 196 g/mol. The third kappa shape index (κ3) is 4.45. The zero-order chi connectivity index (χ0) is 11.1. The molecule has 0 aliphatic heterocycles. The van der Waals surface area contributed by atoms with Crippen molar-refractivity contribution >= 4 is 0 Å². The van der Waals surface area contributed by atoms with E-state index >= 15 is 0 Å². The lowest BCUT2D eigenvalue weighted by Gasteiger charge is -2.03. The van der Waals surface area contributed by atoms with E-state index in [4.69, 9.17) is 0 Å². The van der Waals surface area contributed by atoms with E-state index < -0.39 is 0 Å². The minimum Gasteiger partial charge on any atom is -0.270 e. The van der Waals surface area contributed by atoms with Crippen molar-refractivity contribution in [3.05, 3.63) is 18.0 Å². The number of hydrogen-bond acceptors (Lipinski definition) is 1. The van der Waals surface area contributed by atoms with Crippen LogP contribution in [0.25, 0.3) is 0 Å². The summed E-state index contributed by atoms with van der Waals surface area (Å²) in [6.45, 7) is 12.7. The Labute approximate surface area is 88.3 Å². The second kappa shape index (κ2) is 6.63. The normalized spacial score (nSPS) is 10.3. The zero-order valence-electron chi connectivity index (χ0n) is 10.4. The molecule has 0 aromatic carbocycles. The molecule has 0 bridgehead atoms. The van der Waals surface area contributed by atoms with Gasteiger partial charge in [0.1, 0.15) is 0 Å². The van der Waals surface area contributed by atoms with Crippen LogP contribution in [0.4, 0.5) is 0 Å². The van der Waals surface area contributed by atoms with Gasteiger partial charge in [-0.2, -0.15) is 5.10 Å². The minimum atomic E-state index is 0.478. The van der Waals surface area contributed by atoms with Gasteiger partial charge in [0.25, 0.3) is 0 Å². The maximum atomic E-state index is 4.29. The summed E-state index contributed by atoms with van der Waals surface area (Å²) in [6, 6.07) is 0.478. The predicted octanol–water partition coefficient (Wildman–Crippen LogP) is 3.69. The predicted molar refractivity (Wildman–Crippen MR) is 62.5 cm³/mol. The Balaban J connectivity index is 0.000000791. The summed E-state index contributed by atoms with van der Waals surface area (Å²) in [5.74, 6) is 0.717. The Morgan fingerprint density at radius 2 is 1.79 bits per heavy atom. The molecule has 0 radical (unpaired) electrons. The van der Waals surface area contributed by atoms with Crippen molar-refractivity contribution in [3.8, 4) is 0 Å². The molecule has 2 heteroatoms. The van der Waals surface area contributed by atoms with Crippen LogP contribution in [0.5, 0.6) is 0 Å². The number of hydrogen-bond donors (Lipinski definition) is 0. The number of rotatable bonds is 3. The van der Waals surface area contributed by atoms with Gasteiger partial charge >= 0.3 is 0 Å². The van der Waals surface area contributed by atoms with E-state index in [0.717, 1.165) is 12.3 Å². The lowest BCUT2D eigenvalue weighted by Crippen LogP contribution is -2.00. The van der Waals surface area contributed by atoms with Crippen LogP contribution < -0.4 is 0 Å². The highest BCUT2D eigenvalue weighted by molar-refractivity contribution is 5.04. The van der Waals surface area contributed by atoms with Crippen LogP contribution in [-0.4, -0.2) is 9.78 Å². The van der Waals surface area contributed by atoms with Gasteiger partial charge in [-0.05, 0) is 31.7 Å². The molecule has 0 saturated carbocycles. The molecule has 0 amide bonds. The van der Waals surface area contributed by atoms with Crippen molar-refractivity contribution in [2.75, 3.05) is 0 Å². The fraction of sp³-hybridized carbons (Fsp3) is 0.750. The van der Waals surface area contributed by atoms with Crippen LogP contribution in [0.2, 0.25) is 0 Å². The molecule has 0 saturated heterocycles. The van der Waals surface area contributed by atoms with Gasteiger partial charge in [-0.15, -0.1) is 0 Å².